The number of amides is 1. The number of rotatable bonds is 3. The fourth-order valence-electron chi connectivity index (χ4n) is 3.07. The summed E-state index contributed by atoms with van der Waals surface area (Å²) in [7, 11) is 0. The zero-order valence-corrected chi connectivity index (χ0v) is 15.6. The summed E-state index contributed by atoms with van der Waals surface area (Å²) in [5.41, 5.74) is 3.04. The minimum absolute atomic E-state index is 0.257. The summed E-state index contributed by atoms with van der Waals surface area (Å²) in [5.74, 6) is 1.18. The molecule has 3 rings (SSSR count). The Hall–Kier alpha value is -2.14. The fraction of sp³-hybridized carbons (Fsp3) is 0.421. The fourth-order valence-corrected chi connectivity index (χ4v) is 3.44. The van der Waals surface area contributed by atoms with Gasteiger partial charge in [-0.3, -0.25) is 4.79 Å². The van der Waals surface area contributed by atoms with Crippen molar-refractivity contribution in [3.8, 4) is 0 Å². The van der Waals surface area contributed by atoms with Crippen LogP contribution in [-0.2, 0) is 0 Å². The van der Waals surface area contributed by atoms with Crippen molar-refractivity contribution in [3.63, 3.8) is 0 Å². The summed E-state index contributed by atoms with van der Waals surface area (Å²) >= 11 is 6.25. The second-order valence-corrected chi connectivity index (χ2v) is 7.24. The number of halogens is 1. The molecule has 1 aromatic heterocycles. The zero-order chi connectivity index (χ0) is 18.0. The van der Waals surface area contributed by atoms with Gasteiger partial charge in [-0.1, -0.05) is 24.6 Å². The van der Waals surface area contributed by atoms with Crippen LogP contribution in [0.15, 0.2) is 24.5 Å². The van der Waals surface area contributed by atoms with Crippen molar-refractivity contribution in [1.82, 2.24) is 9.97 Å². The van der Waals surface area contributed by atoms with E-state index in [9.17, 15) is 4.79 Å². The second-order valence-electron chi connectivity index (χ2n) is 6.83. The Morgan fingerprint density at radius 2 is 1.84 bits per heavy atom. The molecule has 1 aromatic carbocycles. The van der Waals surface area contributed by atoms with E-state index in [1.165, 1.54) is 0 Å². The van der Waals surface area contributed by atoms with E-state index in [1.807, 2.05) is 26.0 Å². The molecule has 0 atom stereocenters. The summed E-state index contributed by atoms with van der Waals surface area (Å²) in [5, 5.41) is 3.40. The molecule has 2 aromatic rings. The topological polar surface area (TPSA) is 58.1 Å². The standard InChI is InChI=1S/C19H23ClN4O/c1-12-4-6-24(7-5-12)19-21-10-15(11-22-19)18(25)23-17-14(3)8-13(2)9-16(17)20/h8-12H,4-7H2,1-3H3,(H,23,25). The summed E-state index contributed by atoms with van der Waals surface area (Å²) in [4.78, 5) is 23.4. The van der Waals surface area contributed by atoms with E-state index in [2.05, 4.69) is 27.1 Å². The highest BCUT2D eigenvalue weighted by atomic mass is 35.5. The van der Waals surface area contributed by atoms with Crippen molar-refractivity contribution in [2.45, 2.75) is 33.6 Å². The second kappa shape index (κ2) is 7.40. The number of carbonyl (C=O) groups is 1. The van der Waals surface area contributed by atoms with Crippen molar-refractivity contribution in [1.29, 1.82) is 0 Å². The predicted octanol–water partition coefficient (Wildman–Crippen LogP) is 4.24. The van der Waals surface area contributed by atoms with Crippen molar-refractivity contribution in [3.05, 3.63) is 46.2 Å². The SMILES string of the molecule is Cc1cc(C)c(NC(=O)c2cnc(N3CCC(C)CC3)nc2)c(Cl)c1. The number of carbonyl (C=O) groups excluding carboxylic acids is 1. The number of aromatic nitrogens is 2. The van der Waals surface area contributed by atoms with Crippen molar-refractivity contribution < 1.29 is 4.79 Å². The first-order valence-electron chi connectivity index (χ1n) is 8.59. The molecule has 0 unspecified atom stereocenters. The van der Waals surface area contributed by atoms with Crippen LogP contribution >= 0.6 is 11.6 Å². The molecule has 25 heavy (non-hydrogen) atoms. The zero-order valence-electron chi connectivity index (χ0n) is 14.8. The maximum atomic E-state index is 12.5. The summed E-state index contributed by atoms with van der Waals surface area (Å²) in [6.07, 6.45) is 5.45. The van der Waals surface area contributed by atoms with Crippen LogP contribution in [0.2, 0.25) is 5.02 Å². The average molecular weight is 359 g/mol. The maximum Gasteiger partial charge on any atom is 0.258 e. The van der Waals surface area contributed by atoms with E-state index in [0.29, 0.717) is 22.2 Å². The average Bonchev–Trinajstić information content (AvgIpc) is 2.59. The summed E-state index contributed by atoms with van der Waals surface area (Å²) in [6.45, 7) is 8.09. The Kier molecular flexibility index (Phi) is 5.23. The van der Waals surface area contributed by atoms with Crippen LogP contribution < -0.4 is 10.2 Å². The first-order valence-corrected chi connectivity index (χ1v) is 8.97. The minimum Gasteiger partial charge on any atom is -0.341 e. The number of anilines is 2. The molecule has 2 heterocycles. The van der Waals surface area contributed by atoms with E-state index in [4.69, 9.17) is 11.6 Å². The van der Waals surface area contributed by atoms with Gasteiger partial charge in [-0.15, -0.1) is 0 Å². The molecule has 1 saturated heterocycles. The molecule has 1 aliphatic rings. The van der Waals surface area contributed by atoms with Crippen molar-refractivity contribution >= 4 is 29.1 Å². The number of piperidine rings is 1. The van der Waals surface area contributed by atoms with E-state index in [1.54, 1.807) is 12.4 Å². The highest BCUT2D eigenvalue weighted by Gasteiger charge is 2.18. The molecule has 132 valence electrons. The lowest BCUT2D eigenvalue weighted by molar-refractivity contribution is 0.102. The molecule has 1 N–H and O–H groups in total. The van der Waals surface area contributed by atoms with Gasteiger partial charge in [-0.2, -0.15) is 0 Å². The van der Waals surface area contributed by atoms with Gasteiger partial charge >= 0.3 is 0 Å². The van der Waals surface area contributed by atoms with Gasteiger partial charge in [0.05, 0.1) is 16.3 Å². The van der Waals surface area contributed by atoms with Crippen LogP contribution in [0.4, 0.5) is 11.6 Å². The summed E-state index contributed by atoms with van der Waals surface area (Å²) in [6, 6.07) is 3.82. The van der Waals surface area contributed by atoms with Crippen LogP contribution in [0.3, 0.4) is 0 Å². The number of nitrogens with zero attached hydrogens (tertiary/aromatic N) is 3. The molecule has 1 aliphatic heterocycles. The lowest BCUT2D eigenvalue weighted by Crippen LogP contribution is -2.34. The molecule has 0 spiro atoms. The minimum atomic E-state index is -0.257. The van der Waals surface area contributed by atoms with Gasteiger partial charge in [0, 0.05) is 25.5 Å². The Morgan fingerprint density at radius 3 is 2.44 bits per heavy atom. The molecule has 1 amide bonds. The normalized spacial score (nSPS) is 15.3. The third kappa shape index (κ3) is 4.10. The van der Waals surface area contributed by atoms with Crippen LogP contribution in [0.1, 0.15) is 41.3 Å². The number of hydrogen-bond donors (Lipinski definition) is 1. The highest BCUT2D eigenvalue weighted by Crippen LogP contribution is 2.28. The molecular weight excluding hydrogens is 336 g/mol. The molecular formula is C19H23ClN4O. The van der Waals surface area contributed by atoms with Gasteiger partial charge in [-0.25, -0.2) is 9.97 Å². The molecule has 5 nitrogen and oxygen atoms in total. The highest BCUT2D eigenvalue weighted by molar-refractivity contribution is 6.34. The molecule has 0 saturated carbocycles. The van der Waals surface area contributed by atoms with E-state index < -0.39 is 0 Å². The molecule has 0 aliphatic carbocycles. The van der Waals surface area contributed by atoms with E-state index >= 15 is 0 Å². The number of benzene rings is 1. The van der Waals surface area contributed by atoms with Crippen LogP contribution in [0, 0.1) is 19.8 Å². The third-order valence-corrected chi connectivity index (χ3v) is 4.94. The van der Waals surface area contributed by atoms with Crippen LogP contribution in [0.5, 0.6) is 0 Å². The smallest absolute Gasteiger partial charge is 0.258 e. The van der Waals surface area contributed by atoms with Gasteiger partial charge in [0.25, 0.3) is 5.91 Å². The van der Waals surface area contributed by atoms with Gasteiger partial charge in [0.2, 0.25) is 5.95 Å². The lowest BCUT2D eigenvalue weighted by atomic mass is 10.00. The number of nitrogens with one attached hydrogen (secondary N) is 1. The van der Waals surface area contributed by atoms with Crippen LogP contribution in [0.25, 0.3) is 0 Å². The Labute approximate surface area is 153 Å². The quantitative estimate of drug-likeness (QED) is 0.891. The van der Waals surface area contributed by atoms with Crippen molar-refractivity contribution in [2.75, 3.05) is 23.3 Å². The van der Waals surface area contributed by atoms with Gasteiger partial charge in [0.1, 0.15) is 0 Å². The van der Waals surface area contributed by atoms with E-state index in [-0.39, 0.29) is 5.91 Å². The monoisotopic (exact) mass is 358 g/mol. The van der Waals surface area contributed by atoms with Gasteiger partial charge in [-0.05, 0) is 49.8 Å². The molecule has 0 radical (unpaired) electrons. The molecule has 6 heteroatoms. The van der Waals surface area contributed by atoms with Crippen molar-refractivity contribution in [2.24, 2.45) is 5.92 Å². The lowest BCUT2D eigenvalue weighted by Gasteiger charge is -2.30. The maximum absolute atomic E-state index is 12.5. The Bertz CT molecular complexity index is 744. The first-order chi connectivity index (χ1) is 11.9. The largest absolute Gasteiger partial charge is 0.341 e. The predicted molar refractivity (Wildman–Crippen MR) is 102 cm³/mol. The Morgan fingerprint density at radius 1 is 1.20 bits per heavy atom. The van der Waals surface area contributed by atoms with Crippen LogP contribution in [-0.4, -0.2) is 29.0 Å². The number of aryl methyl sites for hydroxylation is 2. The summed E-state index contributed by atoms with van der Waals surface area (Å²) < 4.78 is 0. The van der Waals surface area contributed by atoms with Gasteiger partial charge in [0.15, 0.2) is 0 Å². The first kappa shape index (κ1) is 17.7. The van der Waals surface area contributed by atoms with E-state index in [0.717, 1.165) is 43.0 Å². The number of hydrogen-bond acceptors (Lipinski definition) is 4. The molecule has 0 bridgehead atoms. The van der Waals surface area contributed by atoms with Gasteiger partial charge < -0.3 is 10.2 Å². The molecule has 1 fully saturated rings. The third-order valence-electron chi connectivity index (χ3n) is 4.64. The Balaban J connectivity index is 1.71.